The van der Waals surface area contributed by atoms with Crippen molar-refractivity contribution >= 4 is 35.2 Å². The van der Waals surface area contributed by atoms with Gasteiger partial charge in [-0.2, -0.15) is 12.6 Å². The van der Waals surface area contributed by atoms with Gasteiger partial charge in [0.25, 0.3) is 0 Å². The van der Waals surface area contributed by atoms with Gasteiger partial charge in [-0.15, -0.1) is 0 Å². The number of halogens is 1. The second kappa shape index (κ2) is 4.92. The van der Waals surface area contributed by atoms with Crippen LogP contribution in [-0.4, -0.2) is 27.3 Å². The molecule has 0 aromatic heterocycles. The highest BCUT2D eigenvalue weighted by atomic mass is 127. The first-order valence-electron chi connectivity index (χ1n) is 4.26. The highest BCUT2D eigenvalue weighted by molar-refractivity contribution is 14.1. The topological polar surface area (TPSA) is 3.24 Å². The number of alkyl halides is 1. The summed E-state index contributed by atoms with van der Waals surface area (Å²) in [5.41, 5.74) is 0. The second-order valence-electron chi connectivity index (χ2n) is 3.19. The molecule has 0 bridgehead atoms. The van der Waals surface area contributed by atoms with E-state index in [0.717, 1.165) is 0 Å². The molecule has 1 fully saturated rings. The van der Waals surface area contributed by atoms with Gasteiger partial charge in [0.05, 0.1) is 4.05 Å². The molecular weight excluding hydrogens is 269 g/mol. The van der Waals surface area contributed by atoms with Crippen LogP contribution in [0.4, 0.5) is 0 Å². The molecule has 0 aliphatic carbocycles. The molecule has 0 N–H and O–H groups in total. The molecule has 11 heavy (non-hydrogen) atoms. The van der Waals surface area contributed by atoms with Crippen LogP contribution in [0.1, 0.15) is 26.2 Å². The molecule has 0 amide bonds. The summed E-state index contributed by atoms with van der Waals surface area (Å²) in [4.78, 5) is 2.54. The summed E-state index contributed by atoms with van der Waals surface area (Å²) in [7, 11) is 0. The Hall–Kier alpha value is 1.04. The summed E-state index contributed by atoms with van der Waals surface area (Å²) in [5, 5.41) is 0.648. The first-order valence-corrected chi connectivity index (χ1v) is 6.02. The number of rotatable bonds is 1. The van der Waals surface area contributed by atoms with Crippen molar-refractivity contribution in [3.8, 4) is 0 Å². The van der Waals surface area contributed by atoms with E-state index >= 15 is 0 Å². The molecule has 0 aromatic carbocycles. The summed E-state index contributed by atoms with van der Waals surface area (Å²) in [6.45, 7) is 4.76. The first kappa shape index (κ1) is 10.1. The van der Waals surface area contributed by atoms with Crippen molar-refractivity contribution in [1.82, 2.24) is 4.90 Å². The average Bonchev–Trinajstić information content (AvgIpc) is 2.13. The van der Waals surface area contributed by atoms with Gasteiger partial charge in [-0.1, -0.05) is 22.6 Å². The summed E-state index contributed by atoms with van der Waals surface area (Å²) in [5.74, 6) is 0. The normalized spacial score (nSPS) is 31.4. The van der Waals surface area contributed by atoms with E-state index in [1.165, 1.54) is 32.4 Å². The predicted molar refractivity (Wildman–Crippen MR) is 61.7 cm³/mol. The van der Waals surface area contributed by atoms with Crippen molar-refractivity contribution in [2.24, 2.45) is 0 Å². The van der Waals surface area contributed by atoms with Crippen molar-refractivity contribution in [3.05, 3.63) is 0 Å². The van der Waals surface area contributed by atoms with Gasteiger partial charge < -0.3 is 0 Å². The number of nitrogens with zero attached hydrogens (tertiary/aromatic N) is 1. The van der Waals surface area contributed by atoms with E-state index < -0.39 is 0 Å². The standard InChI is InChI=1S/C8H16INS/c1-7(9)10-5-2-3-8(11)4-6-10/h7-8,11H,2-6H2,1H3. The predicted octanol–water partition coefficient (Wildman–Crippen LogP) is 2.55. The lowest BCUT2D eigenvalue weighted by molar-refractivity contribution is 0.289. The fourth-order valence-electron chi connectivity index (χ4n) is 1.46. The number of thiol groups is 1. The zero-order valence-electron chi connectivity index (χ0n) is 6.96. The van der Waals surface area contributed by atoms with Crippen LogP contribution in [0.5, 0.6) is 0 Å². The highest BCUT2D eigenvalue weighted by Gasteiger charge is 2.16. The number of hydrogen-bond acceptors (Lipinski definition) is 2. The van der Waals surface area contributed by atoms with E-state index in [9.17, 15) is 0 Å². The second-order valence-corrected chi connectivity index (χ2v) is 5.73. The summed E-state index contributed by atoms with van der Waals surface area (Å²) in [6, 6.07) is 0. The van der Waals surface area contributed by atoms with E-state index in [-0.39, 0.29) is 0 Å². The van der Waals surface area contributed by atoms with Crippen molar-refractivity contribution in [2.45, 2.75) is 35.5 Å². The zero-order valence-corrected chi connectivity index (χ0v) is 10.0. The lowest BCUT2D eigenvalue weighted by atomic mass is 10.2. The molecule has 2 atom stereocenters. The van der Waals surface area contributed by atoms with Crippen molar-refractivity contribution in [2.75, 3.05) is 13.1 Å². The van der Waals surface area contributed by atoms with E-state index in [1.54, 1.807) is 0 Å². The maximum absolute atomic E-state index is 4.51. The van der Waals surface area contributed by atoms with Gasteiger partial charge in [-0.05, 0) is 32.7 Å². The molecule has 2 unspecified atom stereocenters. The number of hydrogen-bond donors (Lipinski definition) is 1. The first-order chi connectivity index (χ1) is 5.20. The van der Waals surface area contributed by atoms with Crippen LogP contribution >= 0.6 is 35.2 Å². The maximum atomic E-state index is 4.51. The van der Waals surface area contributed by atoms with Gasteiger partial charge in [0.2, 0.25) is 0 Å². The lowest BCUT2D eigenvalue weighted by Crippen LogP contribution is -2.29. The molecule has 1 nitrogen and oxygen atoms in total. The van der Waals surface area contributed by atoms with Crippen molar-refractivity contribution < 1.29 is 0 Å². The molecule has 3 heteroatoms. The van der Waals surface area contributed by atoms with Gasteiger partial charge in [0.1, 0.15) is 0 Å². The Bertz CT molecular complexity index is 119. The molecule has 1 aliphatic heterocycles. The minimum Gasteiger partial charge on any atom is -0.292 e. The Balaban J connectivity index is 2.34. The fourth-order valence-corrected chi connectivity index (χ4v) is 2.31. The van der Waals surface area contributed by atoms with Crippen LogP contribution in [0.3, 0.4) is 0 Å². The molecular formula is C8H16INS. The maximum Gasteiger partial charge on any atom is 0.0589 e. The Morgan fingerprint density at radius 1 is 1.45 bits per heavy atom. The van der Waals surface area contributed by atoms with Gasteiger partial charge in [0.15, 0.2) is 0 Å². The quantitative estimate of drug-likeness (QED) is 0.335. The average molecular weight is 285 g/mol. The van der Waals surface area contributed by atoms with Gasteiger partial charge in [-0.25, -0.2) is 0 Å². The largest absolute Gasteiger partial charge is 0.292 e. The zero-order chi connectivity index (χ0) is 8.27. The molecule has 0 spiro atoms. The van der Waals surface area contributed by atoms with E-state index in [2.05, 4.69) is 47.0 Å². The fraction of sp³-hybridized carbons (Fsp3) is 1.00. The molecule has 1 saturated heterocycles. The van der Waals surface area contributed by atoms with Gasteiger partial charge in [0, 0.05) is 11.8 Å². The number of likely N-dealkylation sites (tertiary alicyclic amines) is 1. The molecule has 0 radical (unpaired) electrons. The summed E-state index contributed by atoms with van der Waals surface area (Å²) in [6.07, 6.45) is 3.88. The van der Waals surface area contributed by atoms with Crippen LogP contribution in [0.2, 0.25) is 0 Å². The highest BCUT2D eigenvalue weighted by Crippen LogP contribution is 2.18. The van der Waals surface area contributed by atoms with Crippen LogP contribution < -0.4 is 0 Å². The van der Waals surface area contributed by atoms with E-state index in [1.807, 2.05) is 0 Å². The molecule has 1 heterocycles. The minimum absolute atomic E-state index is 0.648. The van der Waals surface area contributed by atoms with E-state index in [4.69, 9.17) is 0 Å². The Labute approximate surface area is 88.5 Å². The third-order valence-corrected chi connectivity index (χ3v) is 3.54. The third-order valence-electron chi connectivity index (χ3n) is 2.24. The lowest BCUT2D eigenvalue weighted by Gasteiger charge is -2.22. The molecule has 1 aliphatic rings. The molecule has 0 aromatic rings. The Morgan fingerprint density at radius 3 is 2.82 bits per heavy atom. The van der Waals surface area contributed by atoms with E-state index in [0.29, 0.717) is 9.30 Å². The van der Waals surface area contributed by atoms with Gasteiger partial charge >= 0.3 is 0 Å². The third kappa shape index (κ3) is 3.51. The smallest absolute Gasteiger partial charge is 0.0589 e. The van der Waals surface area contributed by atoms with Crippen LogP contribution in [0.15, 0.2) is 0 Å². The Morgan fingerprint density at radius 2 is 2.18 bits per heavy atom. The summed E-state index contributed by atoms with van der Waals surface area (Å²) < 4.78 is 0.686. The van der Waals surface area contributed by atoms with Gasteiger partial charge in [-0.3, -0.25) is 4.90 Å². The minimum atomic E-state index is 0.648. The molecule has 0 saturated carbocycles. The van der Waals surface area contributed by atoms with Crippen LogP contribution in [0, 0.1) is 0 Å². The van der Waals surface area contributed by atoms with Crippen LogP contribution in [-0.2, 0) is 0 Å². The Kier molecular flexibility index (Phi) is 4.53. The monoisotopic (exact) mass is 285 g/mol. The van der Waals surface area contributed by atoms with Crippen molar-refractivity contribution in [3.63, 3.8) is 0 Å². The van der Waals surface area contributed by atoms with Crippen LogP contribution in [0.25, 0.3) is 0 Å². The molecule has 66 valence electrons. The SMILES string of the molecule is CC(I)N1CCCC(S)CC1. The summed E-state index contributed by atoms with van der Waals surface area (Å²) >= 11 is 7.00. The molecule has 1 rings (SSSR count). The van der Waals surface area contributed by atoms with Crippen molar-refractivity contribution in [1.29, 1.82) is 0 Å².